The van der Waals surface area contributed by atoms with Crippen molar-refractivity contribution in [2.45, 2.75) is 76.3 Å². The molecular formula is C29H35F2N5O3. The lowest BCUT2D eigenvalue weighted by Gasteiger charge is -2.40. The molecule has 1 saturated heterocycles. The fourth-order valence-corrected chi connectivity index (χ4v) is 6.41. The number of anilines is 1. The van der Waals surface area contributed by atoms with Gasteiger partial charge < -0.3 is 15.5 Å². The number of alkyl halides is 2. The highest BCUT2D eigenvalue weighted by molar-refractivity contribution is 6.01. The maximum absolute atomic E-state index is 13.7. The normalized spacial score (nSPS) is 22.4. The summed E-state index contributed by atoms with van der Waals surface area (Å²) in [5.41, 5.74) is 2.83. The number of aromatic nitrogens is 2. The van der Waals surface area contributed by atoms with Gasteiger partial charge in [-0.15, -0.1) is 0 Å². The molecule has 2 heterocycles. The number of halogens is 2. The number of likely N-dealkylation sites (tertiary alicyclic amines) is 1. The van der Waals surface area contributed by atoms with E-state index in [0.717, 1.165) is 36.8 Å². The van der Waals surface area contributed by atoms with Crippen LogP contribution in [-0.2, 0) is 16.0 Å². The lowest BCUT2D eigenvalue weighted by molar-refractivity contribution is -0.167. The number of nitrogens with zero attached hydrogens (tertiary/aromatic N) is 3. The molecule has 6 rings (SSSR count). The molecule has 0 bridgehead atoms. The Labute approximate surface area is 226 Å². The first-order valence-electron chi connectivity index (χ1n) is 14.1. The van der Waals surface area contributed by atoms with E-state index in [2.05, 4.69) is 15.7 Å². The third-order valence-corrected chi connectivity index (χ3v) is 8.62. The minimum atomic E-state index is -2.79. The van der Waals surface area contributed by atoms with Crippen molar-refractivity contribution in [1.29, 1.82) is 0 Å². The Morgan fingerprint density at radius 1 is 1.03 bits per heavy atom. The van der Waals surface area contributed by atoms with Gasteiger partial charge in [0.15, 0.2) is 0 Å². The summed E-state index contributed by atoms with van der Waals surface area (Å²) in [5, 5.41) is 10.4. The van der Waals surface area contributed by atoms with Crippen LogP contribution in [0.5, 0.6) is 0 Å². The Morgan fingerprint density at radius 2 is 1.72 bits per heavy atom. The van der Waals surface area contributed by atoms with E-state index in [4.69, 9.17) is 0 Å². The summed E-state index contributed by atoms with van der Waals surface area (Å²) in [5.74, 6) is -3.05. The van der Waals surface area contributed by atoms with Gasteiger partial charge in [0, 0.05) is 17.9 Å². The van der Waals surface area contributed by atoms with Crippen molar-refractivity contribution in [3.63, 3.8) is 0 Å². The Hall–Kier alpha value is -3.30. The van der Waals surface area contributed by atoms with Crippen LogP contribution in [0.3, 0.4) is 0 Å². The number of fused-ring (bicyclic) bond motifs is 1. The largest absolute Gasteiger partial charge is 0.339 e. The SMILES string of the molecule is CC(C)n1nccc1C(=O)N[C@H](C(=O)Nc1ccc2c(c1)CCC2C(=O)N1CC(F)(F)C1)C(C1CC1)C1CC1. The van der Waals surface area contributed by atoms with E-state index in [1.807, 2.05) is 26.0 Å². The van der Waals surface area contributed by atoms with Gasteiger partial charge in [-0.2, -0.15) is 5.10 Å². The molecule has 3 amide bonds. The second-order valence-corrected chi connectivity index (χ2v) is 12.0. The molecule has 208 valence electrons. The molecule has 39 heavy (non-hydrogen) atoms. The highest BCUT2D eigenvalue weighted by atomic mass is 19.3. The monoisotopic (exact) mass is 539 g/mol. The number of benzene rings is 1. The van der Waals surface area contributed by atoms with Gasteiger partial charge in [0.05, 0.1) is 19.0 Å². The molecule has 3 aliphatic carbocycles. The molecule has 2 N–H and O–H groups in total. The zero-order valence-corrected chi connectivity index (χ0v) is 22.3. The second kappa shape index (κ2) is 9.71. The molecule has 2 aromatic rings. The molecule has 0 spiro atoms. The van der Waals surface area contributed by atoms with Crippen LogP contribution in [0.15, 0.2) is 30.5 Å². The predicted octanol–water partition coefficient (Wildman–Crippen LogP) is 4.14. The van der Waals surface area contributed by atoms with Crippen LogP contribution in [0.4, 0.5) is 14.5 Å². The van der Waals surface area contributed by atoms with Crippen LogP contribution in [0.1, 0.15) is 79.5 Å². The Morgan fingerprint density at radius 3 is 2.33 bits per heavy atom. The van der Waals surface area contributed by atoms with Crippen molar-refractivity contribution >= 4 is 23.4 Å². The summed E-state index contributed by atoms with van der Waals surface area (Å²) in [6, 6.07) is 6.49. The first-order valence-corrected chi connectivity index (χ1v) is 14.1. The lowest BCUT2D eigenvalue weighted by atomic mass is 9.88. The molecule has 1 aromatic heterocycles. The molecular weight excluding hydrogens is 504 g/mol. The van der Waals surface area contributed by atoms with Gasteiger partial charge in [-0.05, 0) is 99.5 Å². The number of amides is 3. The molecule has 2 saturated carbocycles. The number of rotatable bonds is 9. The maximum Gasteiger partial charge on any atom is 0.282 e. The van der Waals surface area contributed by atoms with E-state index in [1.165, 1.54) is 4.90 Å². The van der Waals surface area contributed by atoms with Gasteiger partial charge in [0.25, 0.3) is 11.8 Å². The van der Waals surface area contributed by atoms with Crippen molar-refractivity contribution in [3.05, 3.63) is 47.3 Å². The summed E-state index contributed by atoms with van der Waals surface area (Å²) in [6.07, 6.45) is 7.10. The van der Waals surface area contributed by atoms with Gasteiger partial charge in [-0.1, -0.05) is 6.07 Å². The number of hydrogen-bond acceptors (Lipinski definition) is 4. The standard InChI is InChI=1S/C29H35F2N5O3/c1-16(2)36-23(11-12-32-36)26(37)34-25(24(17-3-4-17)18-5-6-18)27(38)33-20-8-10-21-19(13-20)7-9-22(21)28(39)35-14-29(30,31)15-35/h8,10-13,16-18,22,24-25H,3-7,9,14-15H2,1-2H3,(H,33,38)(H,34,37)/t22?,25-/m0/s1. The fraction of sp³-hybridized carbons (Fsp3) is 0.586. The predicted molar refractivity (Wildman–Crippen MR) is 140 cm³/mol. The molecule has 8 nitrogen and oxygen atoms in total. The zero-order chi connectivity index (χ0) is 27.5. The van der Waals surface area contributed by atoms with Gasteiger partial charge in [0.2, 0.25) is 11.8 Å². The molecule has 4 aliphatic rings. The average Bonchev–Trinajstić information content (AvgIpc) is 3.80. The minimum Gasteiger partial charge on any atom is -0.339 e. The summed E-state index contributed by atoms with van der Waals surface area (Å²) >= 11 is 0. The van der Waals surface area contributed by atoms with Crippen LogP contribution in [0.25, 0.3) is 0 Å². The molecule has 1 aromatic carbocycles. The first kappa shape index (κ1) is 26.0. The number of carbonyl (C=O) groups is 3. The summed E-state index contributed by atoms with van der Waals surface area (Å²) in [6.45, 7) is 2.88. The van der Waals surface area contributed by atoms with Crippen molar-refractivity contribution < 1.29 is 23.2 Å². The summed E-state index contributed by atoms with van der Waals surface area (Å²) in [4.78, 5) is 41.1. The van der Waals surface area contributed by atoms with Gasteiger partial charge in [0.1, 0.15) is 11.7 Å². The molecule has 0 radical (unpaired) electrons. The van der Waals surface area contributed by atoms with Gasteiger partial charge in [-0.25, -0.2) is 8.78 Å². The summed E-state index contributed by atoms with van der Waals surface area (Å²) < 4.78 is 28.2. The minimum absolute atomic E-state index is 0.00962. The second-order valence-electron chi connectivity index (χ2n) is 12.0. The fourth-order valence-electron chi connectivity index (χ4n) is 6.41. The van der Waals surface area contributed by atoms with E-state index >= 15 is 0 Å². The molecule has 10 heteroatoms. The molecule has 2 atom stereocenters. The van der Waals surface area contributed by atoms with E-state index in [9.17, 15) is 23.2 Å². The molecule has 1 unspecified atom stereocenters. The van der Waals surface area contributed by atoms with Crippen molar-refractivity contribution in [2.24, 2.45) is 17.8 Å². The average molecular weight is 540 g/mol. The first-order chi connectivity index (χ1) is 18.6. The van der Waals surface area contributed by atoms with E-state index in [1.54, 1.807) is 23.0 Å². The summed E-state index contributed by atoms with van der Waals surface area (Å²) in [7, 11) is 0. The topological polar surface area (TPSA) is 96.3 Å². The van der Waals surface area contributed by atoms with E-state index < -0.39 is 31.0 Å². The van der Waals surface area contributed by atoms with Crippen molar-refractivity contribution in [1.82, 2.24) is 20.0 Å². The quantitative estimate of drug-likeness (QED) is 0.501. The number of carbonyl (C=O) groups excluding carboxylic acids is 3. The zero-order valence-electron chi connectivity index (χ0n) is 22.3. The lowest BCUT2D eigenvalue weighted by Crippen LogP contribution is -2.59. The Kier molecular flexibility index (Phi) is 6.46. The van der Waals surface area contributed by atoms with Crippen LogP contribution in [-0.4, -0.2) is 57.5 Å². The smallest absolute Gasteiger partial charge is 0.282 e. The molecule has 1 aliphatic heterocycles. The van der Waals surface area contributed by atoms with E-state index in [-0.39, 0.29) is 29.7 Å². The number of hydrogen-bond donors (Lipinski definition) is 2. The highest BCUT2D eigenvalue weighted by Crippen LogP contribution is 2.51. The highest BCUT2D eigenvalue weighted by Gasteiger charge is 2.49. The molecule has 3 fully saturated rings. The van der Waals surface area contributed by atoms with Crippen LogP contribution in [0, 0.1) is 17.8 Å². The van der Waals surface area contributed by atoms with Crippen molar-refractivity contribution in [3.8, 4) is 0 Å². The van der Waals surface area contributed by atoms with Crippen LogP contribution >= 0.6 is 0 Å². The van der Waals surface area contributed by atoms with Gasteiger partial charge >= 0.3 is 0 Å². The Balaban J connectivity index is 1.18. The van der Waals surface area contributed by atoms with Crippen molar-refractivity contribution in [2.75, 3.05) is 18.4 Å². The maximum atomic E-state index is 13.7. The van der Waals surface area contributed by atoms with Crippen LogP contribution in [0.2, 0.25) is 0 Å². The number of aryl methyl sites for hydroxylation is 1. The van der Waals surface area contributed by atoms with Gasteiger partial charge in [-0.3, -0.25) is 19.1 Å². The van der Waals surface area contributed by atoms with Crippen LogP contribution < -0.4 is 10.6 Å². The number of nitrogens with one attached hydrogen (secondary N) is 2. The third-order valence-electron chi connectivity index (χ3n) is 8.62. The van der Waals surface area contributed by atoms with E-state index in [0.29, 0.717) is 36.1 Å². The third kappa shape index (κ3) is 5.17. The Bertz CT molecular complexity index is 1280.